The zero-order valence-corrected chi connectivity index (χ0v) is 10.3. The molecule has 84 valence electrons. The van der Waals surface area contributed by atoms with Gasteiger partial charge in [0, 0.05) is 0 Å². The first-order valence-corrected chi connectivity index (χ1v) is 7.08. The Hall–Kier alpha value is -0.195. The van der Waals surface area contributed by atoms with E-state index >= 15 is 0 Å². The van der Waals surface area contributed by atoms with Crippen molar-refractivity contribution in [3.05, 3.63) is 12.1 Å². The topological polar surface area (TPSA) is 0 Å². The van der Waals surface area contributed by atoms with Crippen LogP contribution in [-0.4, -0.2) is 6.71 Å². The van der Waals surface area contributed by atoms with Crippen LogP contribution in [0.2, 0.25) is 11.6 Å². The molecule has 0 aliphatic carbocycles. The highest BCUT2D eigenvalue weighted by molar-refractivity contribution is 6.67. The van der Waals surface area contributed by atoms with E-state index in [1.54, 1.807) is 0 Å². The molecule has 2 bridgehead atoms. The summed E-state index contributed by atoms with van der Waals surface area (Å²) < 4.78 is 0. The monoisotopic (exact) mass is 204 g/mol. The van der Waals surface area contributed by atoms with E-state index in [1.165, 1.54) is 57.8 Å². The smallest absolute Gasteiger partial charge is 0.118 e. The number of allylic oxidation sites excluding steroid dienone is 1. The van der Waals surface area contributed by atoms with E-state index in [1.807, 2.05) is 0 Å². The van der Waals surface area contributed by atoms with Gasteiger partial charge in [0.2, 0.25) is 0 Å². The first kappa shape index (κ1) is 11.3. The Kier molecular flexibility index (Phi) is 4.35. The molecule has 0 amide bonds. The maximum Gasteiger partial charge on any atom is 0.172 e. The largest absolute Gasteiger partial charge is 0.172 e. The summed E-state index contributed by atoms with van der Waals surface area (Å²) in [7, 11) is 0. The summed E-state index contributed by atoms with van der Waals surface area (Å²) >= 11 is 0. The van der Waals surface area contributed by atoms with Crippen molar-refractivity contribution in [1.29, 1.82) is 0 Å². The average Bonchev–Trinajstić information content (AvgIpc) is 2.24. The van der Waals surface area contributed by atoms with Crippen LogP contribution >= 0.6 is 0 Å². The van der Waals surface area contributed by atoms with Gasteiger partial charge in [0.05, 0.1) is 0 Å². The summed E-state index contributed by atoms with van der Waals surface area (Å²) in [5.41, 5.74) is 0. The van der Waals surface area contributed by atoms with E-state index in [9.17, 15) is 0 Å². The van der Waals surface area contributed by atoms with Crippen molar-refractivity contribution in [3.63, 3.8) is 0 Å². The third-order valence-electron chi connectivity index (χ3n) is 4.47. The normalized spacial score (nSPS) is 31.1. The zero-order chi connectivity index (χ0) is 10.5. The highest BCUT2D eigenvalue weighted by Gasteiger charge is 2.36. The molecule has 2 heterocycles. The lowest BCUT2D eigenvalue weighted by atomic mass is 9.27. The van der Waals surface area contributed by atoms with Crippen LogP contribution in [0.25, 0.3) is 0 Å². The molecular weight excluding hydrogens is 179 g/mol. The van der Waals surface area contributed by atoms with Crippen molar-refractivity contribution < 1.29 is 0 Å². The summed E-state index contributed by atoms with van der Waals surface area (Å²) in [4.78, 5) is 0. The van der Waals surface area contributed by atoms with Crippen molar-refractivity contribution in [2.45, 2.75) is 76.3 Å². The second-order valence-electron chi connectivity index (χ2n) is 5.53. The number of hydrogen-bond donors (Lipinski definition) is 0. The van der Waals surface area contributed by atoms with Crippen LogP contribution in [0.1, 0.15) is 64.7 Å². The molecule has 0 radical (unpaired) electrons. The minimum absolute atomic E-state index is 0.962. The summed E-state index contributed by atoms with van der Waals surface area (Å²) in [6.45, 7) is 3.24. The lowest BCUT2D eigenvalue weighted by molar-refractivity contribution is 0.447. The lowest BCUT2D eigenvalue weighted by Gasteiger charge is -2.39. The molecule has 0 nitrogen and oxygen atoms in total. The molecular formula is C14H25B. The van der Waals surface area contributed by atoms with E-state index in [-0.39, 0.29) is 0 Å². The second-order valence-corrected chi connectivity index (χ2v) is 5.53. The van der Waals surface area contributed by atoms with Crippen molar-refractivity contribution in [3.8, 4) is 0 Å². The predicted octanol–water partition coefficient (Wildman–Crippen LogP) is 4.88. The third kappa shape index (κ3) is 2.89. The van der Waals surface area contributed by atoms with E-state index < -0.39 is 0 Å². The molecule has 0 unspecified atom stereocenters. The van der Waals surface area contributed by atoms with Crippen LogP contribution in [0.4, 0.5) is 0 Å². The number of hydrogen-bond acceptors (Lipinski definition) is 0. The lowest BCUT2D eigenvalue weighted by Crippen LogP contribution is -2.32. The van der Waals surface area contributed by atoms with Gasteiger partial charge < -0.3 is 0 Å². The molecule has 2 aliphatic rings. The second kappa shape index (κ2) is 5.77. The van der Waals surface area contributed by atoms with Crippen LogP contribution < -0.4 is 0 Å². The quantitative estimate of drug-likeness (QED) is 0.452. The minimum Gasteiger partial charge on any atom is -0.118 e. The van der Waals surface area contributed by atoms with E-state index in [2.05, 4.69) is 19.0 Å². The molecule has 15 heavy (non-hydrogen) atoms. The molecule has 0 atom stereocenters. The number of unbranched alkanes of at least 4 members (excludes halogenated alkanes) is 2. The fourth-order valence-electron chi connectivity index (χ4n) is 3.62. The third-order valence-corrected chi connectivity index (χ3v) is 4.47. The Morgan fingerprint density at radius 1 is 1.07 bits per heavy atom. The summed E-state index contributed by atoms with van der Waals surface area (Å²) in [5, 5.41) is 0. The Labute approximate surface area is 95.6 Å². The van der Waals surface area contributed by atoms with Gasteiger partial charge in [0.25, 0.3) is 0 Å². The van der Waals surface area contributed by atoms with Crippen LogP contribution in [0.15, 0.2) is 12.1 Å². The van der Waals surface area contributed by atoms with Gasteiger partial charge in [-0.2, -0.15) is 0 Å². The molecule has 2 fully saturated rings. The molecule has 0 saturated carbocycles. The van der Waals surface area contributed by atoms with Gasteiger partial charge in [-0.1, -0.05) is 76.0 Å². The highest BCUT2D eigenvalue weighted by atomic mass is 14.2. The van der Waals surface area contributed by atoms with Crippen LogP contribution in [-0.2, 0) is 0 Å². The minimum atomic E-state index is 0.962. The van der Waals surface area contributed by atoms with E-state index in [0.717, 1.165) is 18.3 Å². The van der Waals surface area contributed by atoms with Crippen molar-refractivity contribution >= 4 is 6.71 Å². The SMILES string of the molecule is CCCCC=CB1C2CCCC1CCC2. The Morgan fingerprint density at radius 2 is 1.67 bits per heavy atom. The Balaban J connectivity index is 1.86. The molecule has 2 saturated heterocycles. The van der Waals surface area contributed by atoms with Crippen molar-refractivity contribution in [2.75, 3.05) is 0 Å². The molecule has 0 aromatic rings. The van der Waals surface area contributed by atoms with Crippen LogP contribution in [0, 0.1) is 0 Å². The van der Waals surface area contributed by atoms with Gasteiger partial charge in [0.15, 0.2) is 6.71 Å². The van der Waals surface area contributed by atoms with Crippen LogP contribution in [0.5, 0.6) is 0 Å². The summed E-state index contributed by atoms with van der Waals surface area (Å²) in [6.07, 6.45) is 15.6. The average molecular weight is 204 g/mol. The molecule has 0 aromatic carbocycles. The van der Waals surface area contributed by atoms with E-state index in [4.69, 9.17) is 0 Å². The fraction of sp³-hybridized carbons (Fsp3) is 0.857. The Morgan fingerprint density at radius 3 is 2.20 bits per heavy atom. The molecule has 0 aromatic heterocycles. The van der Waals surface area contributed by atoms with Gasteiger partial charge >= 0.3 is 0 Å². The molecule has 1 heteroatoms. The summed E-state index contributed by atoms with van der Waals surface area (Å²) in [5.74, 6) is 4.69. The van der Waals surface area contributed by atoms with Gasteiger partial charge in [-0.25, -0.2) is 0 Å². The van der Waals surface area contributed by atoms with Gasteiger partial charge in [-0.05, 0) is 6.42 Å². The highest BCUT2D eigenvalue weighted by Crippen LogP contribution is 2.46. The molecule has 2 rings (SSSR count). The standard InChI is InChI=1S/C14H25B/c1-2-3-4-5-12-15-13-8-6-9-14(15)11-7-10-13/h5,12-14H,2-4,6-11H2,1H3. The molecule has 0 spiro atoms. The first-order chi connectivity index (χ1) is 7.42. The molecule has 2 aliphatic heterocycles. The van der Waals surface area contributed by atoms with E-state index in [0.29, 0.717) is 0 Å². The van der Waals surface area contributed by atoms with Gasteiger partial charge in [-0.3, -0.25) is 0 Å². The Bertz CT molecular complexity index is 187. The number of rotatable bonds is 4. The van der Waals surface area contributed by atoms with Gasteiger partial charge in [0.1, 0.15) is 0 Å². The van der Waals surface area contributed by atoms with Crippen molar-refractivity contribution in [2.24, 2.45) is 0 Å². The summed E-state index contributed by atoms with van der Waals surface area (Å²) in [6, 6.07) is 0. The van der Waals surface area contributed by atoms with Crippen LogP contribution in [0.3, 0.4) is 0 Å². The zero-order valence-electron chi connectivity index (χ0n) is 10.3. The maximum atomic E-state index is 2.59. The van der Waals surface area contributed by atoms with Gasteiger partial charge in [-0.15, -0.1) is 5.98 Å². The predicted molar refractivity (Wildman–Crippen MR) is 69.6 cm³/mol. The van der Waals surface area contributed by atoms with Crippen molar-refractivity contribution in [1.82, 2.24) is 0 Å². The first-order valence-electron chi connectivity index (χ1n) is 7.08. The maximum absolute atomic E-state index is 2.59. The molecule has 0 N–H and O–H groups in total. The number of fused-ring (bicyclic) bond motifs is 2. The fourth-order valence-corrected chi connectivity index (χ4v) is 3.62.